The number of benzene rings is 1. The number of nitrogens with zero attached hydrogens (tertiary/aromatic N) is 8. The fourth-order valence-corrected chi connectivity index (χ4v) is 4.82. The Bertz CT molecular complexity index is 1550. The predicted molar refractivity (Wildman–Crippen MR) is 133 cm³/mol. The summed E-state index contributed by atoms with van der Waals surface area (Å²) >= 11 is 1.45. The molecule has 0 unspecified atom stereocenters. The third kappa shape index (κ3) is 4.58. The lowest BCUT2D eigenvalue weighted by Gasteiger charge is -2.27. The molecule has 0 aliphatic carbocycles. The van der Waals surface area contributed by atoms with Crippen molar-refractivity contribution >= 4 is 28.3 Å². The van der Waals surface area contributed by atoms with Crippen LogP contribution in [-0.4, -0.2) is 60.8 Å². The number of para-hydroxylation sites is 2. The highest BCUT2D eigenvalue weighted by molar-refractivity contribution is 7.15. The number of aromatic nitrogens is 7. The van der Waals surface area contributed by atoms with E-state index in [0.717, 1.165) is 15.4 Å². The Morgan fingerprint density at radius 3 is 2.49 bits per heavy atom. The molecule has 1 aliphatic heterocycles. The smallest absolute Gasteiger partial charge is 0.330 e. The number of imidazole rings is 1. The van der Waals surface area contributed by atoms with Gasteiger partial charge in [-0.1, -0.05) is 12.1 Å². The Hall–Kier alpha value is -4.10. The Kier molecular flexibility index (Phi) is 6.14. The van der Waals surface area contributed by atoms with Crippen LogP contribution >= 0.6 is 11.3 Å². The first-order valence-corrected chi connectivity index (χ1v) is 12.3. The first-order valence-electron chi connectivity index (χ1n) is 11.5. The number of hydrogen-bond acceptors (Lipinski definition) is 10. The van der Waals surface area contributed by atoms with Gasteiger partial charge in [-0.05, 0) is 31.2 Å². The number of anilines is 1. The van der Waals surface area contributed by atoms with Gasteiger partial charge < -0.3 is 14.4 Å². The predicted octanol–water partition coefficient (Wildman–Crippen LogP) is 4.60. The van der Waals surface area contributed by atoms with Gasteiger partial charge in [-0.25, -0.2) is 18.7 Å². The van der Waals surface area contributed by atoms with Gasteiger partial charge in [0.05, 0.1) is 29.1 Å². The van der Waals surface area contributed by atoms with Gasteiger partial charge in [-0.2, -0.15) is 15.0 Å². The van der Waals surface area contributed by atoms with Crippen molar-refractivity contribution in [1.29, 1.82) is 0 Å². The number of fused-ring (bicyclic) bond motifs is 1. The summed E-state index contributed by atoms with van der Waals surface area (Å²) in [7, 11) is 0. The molecule has 10 nitrogen and oxygen atoms in total. The van der Waals surface area contributed by atoms with E-state index >= 15 is 0 Å². The summed E-state index contributed by atoms with van der Waals surface area (Å²) in [5.41, 5.74) is 1.76. The molecule has 5 heterocycles. The Balaban J connectivity index is 1.46. The monoisotopic (exact) mass is 522 g/mol. The van der Waals surface area contributed by atoms with Crippen LogP contribution in [0.2, 0.25) is 0 Å². The molecule has 0 N–H and O–H groups in total. The lowest BCUT2D eigenvalue weighted by molar-refractivity contribution is 0.122. The summed E-state index contributed by atoms with van der Waals surface area (Å²) in [6.45, 7) is 3.94. The third-order valence-corrected chi connectivity index (χ3v) is 6.74. The minimum Gasteiger partial charge on any atom is -0.404 e. The van der Waals surface area contributed by atoms with Crippen molar-refractivity contribution in [2.45, 2.75) is 13.3 Å². The van der Waals surface area contributed by atoms with Gasteiger partial charge in [0.25, 0.3) is 6.43 Å². The van der Waals surface area contributed by atoms with Gasteiger partial charge >= 0.3 is 6.01 Å². The molecule has 1 fully saturated rings. The number of ether oxygens (including phenoxy) is 2. The number of halogens is 2. The molecule has 0 radical (unpaired) electrons. The van der Waals surface area contributed by atoms with E-state index in [9.17, 15) is 8.78 Å². The molecule has 37 heavy (non-hydrogen) atoms. The van der Waals surface area contributed by atoms with E-state index in [4.69, 9.17) is 9.47 Å². The minimum atomic E-state index is -2.84. The Morgan fingerprint density at radius 2 is 1.70 bits per heavy atom. The fourth-order valence-electron chi connectivity index (χ4n) is 3.97. The van der Waals surface area contributed by atoms with E-state index in [0.29, 0.717) is 49.2 Å². The maximum atomic E-state index is 14.0. The van der Waals surface area contributed by atoms with Crippen LogP contribution in [0, 0.1) is 6.92 Å². The average molecular weight is 523 g/mol. The van der Waals surface area contributed by atoms with Crippen molar-refractivity contribution in [2.75, 3.05) is 31.2 Å². The average Bonchev–Trinajstić information content (AvgIpc) is 3.50. The first kappa shape index (κ1) is 23.3. The first-order chi connectivity index (χ1) is 18.1. The standard InChI is InChI=1S/C24H20F2N8O2S/c1-14-20(29-21(37-14)15-6-8-27-9-7-15)36-24-31-22(33-10-12-35-13-11-33)30-23(32-24)34-17-5-3-2-4-16(17)28-19(34)18(25)26/h2-9,18H,10-13H2,1H3. The number of hydrogen-bond donors (Lipinski definition) is 0. The second-order valence-corrected chi connectivity index (χ2v) is 9.33. The molecule has 4 aromatic heterocycles. The van der Waals surface area contributed by atoms with Crippen LogP contribution in [0.1, 0.15) is 17.1 Å². The normalized spacial score (nSPS) is 14.0. The van der Waals surface area contributed by atoms with Crippen molar-refractivity contribution in [3.05, 3.63) is 59.5 Å². The second kappa shape index (κ2) is 9.75. The zero-order chi connectivity index (χ0) is 25.4. The summed E-state index contributed by atoms with van der Waals surface area (Å²) in [6.07, 6.45) is 0.537. The van der Waals surface area contributed by atoms with Crippen molar-refractivity contribution in [3.63, 3.8) is 0 Å². The summed E-state index contributed by atoms with van der Waals surface area (Å²) in [5, 5.41) is 0.748. The molecule has 0 amide bonds. The third-order valence-electron chi connectivity index (χ3n) is 5.74. The van der Waals surface area contributed by atoms with Gasteiger partial charge in [-0.3, -0.25) is 9.55 Å². The van der Waals surface area contributed by atoms with Crippen molar-refractivity contribution < 1.29 is 18.3 Å². The largest absolute Gasteiger partial charge is 0.404 e. The van der Waals surface area contributed by atoms with Crippen LogP contribution in [0.25, 0.3) is 27.6 Å². The lowest BCUT2D eigenvalue weighted by atomic mass is 10.3. The van der Waals surface area contributed by atoms with Gasteiger partial charge in [0, 0.05) is 31.0 Å². The second-order valence-electron chi connectivity index (χ2n) is 8.13. The fraction of sp³-hybridized carbons (Fsp3) is 0.250. The number of thiazole rings is 1. The quantitative estimate of drug-likeness (QED) is 0.316. The molecule has 1 aliphatic rings. The van der Waals surface area contributed by atoms with E-state index in [1.165, 1.54) is 15.9 Å². The van der Waals surface area contributed by atoms with Crippen LogP contribution in [0.5, 0.6) is 11.9 Å². The number of morpholine rings is 1. The minimum absolute atomic E-state index is 0.0160. The summed E-state index contributed by atoms with van der Waals surface area (Å²) in [6, 6.07) is 10.5. The van der Waals surface area contributed by atoms with Crippen molar-refractivity contribution in [1.82, 2.24) is 34.5 Å². The number of rotatable bonds is 6. The van der Waals surface area contributed by atoms with Gasteiger partial charge in [0.1, 0.15) is 5.01 Å². The molecule has 0 bridgehead atoms. The summed E-state index contributed by atoms with van der Waals surface area (Å²) in [4.78, 5) is 28.9. The van der Waals surface area contributed by atoms with Gasteiger partial charge in [-0.15, -0.1) is 11.3 Å². The zero-order valence-corrected chi connectivity index (χ0v) is 20.4. The lowest BCUT2D eigenvalue weighted by Crippen LogP contribution is -2.37. The molecular formula is C24H20F2N8O2S. The van der Waals surface area contributed by atoms with E-state index in [-0.39, 0.29) is 12.0 Å². The molecular weight excluding hydrogens is 502 g/mol. The van der Waals surface area contributed by atoms with Gasteiger partial charge in [0.2, 0.25) is 17.8 Å². The molecule has 5 aromatic rings. The summed E-state index contributed by atoms with van der Waals surface area (Å²) < 4.78 is 40.8. The van der Waals surface area contributed by atoms with Crippen LogP contribution in [0.3, 0.4) is 0 Å². The number of pyridine rings is 1. The summed E-state index contributed by atoms with van der Waals surface area (Å²) in [5.74, 6) is 0.142. The molecule has 1 saturated heterocycles. The number of aryl methyl sites for hydroxylation is 1. The number of alkyl halides is 2. The molecule has 1 aromatic carbocycles. The molecule has 0 saturated carbocycles. The van der Waals surface area contributed by atoms with E-state index in [1.807, 2.05) is 24.0 Å². The van der Waals surface area contributed by atoms with Crippen LogP contribution in [0.4, 0.5) is 14.7 Å². The Labute approximate surface area is 213 Å². The molecule has 0 spiro atoms. The van der Waals surface area contributed by atoms with Crippen LogP contribution in [0.15, 0.2) is 48.8 Å². The highest BCUT2D eigenvalue weighted by Crippen LogP contribution is 2.34. The van der Waals surface area contributed by atoms with Crippen molar-refractivity contribution in [3.8, 4) is 28.4 Å². The zero-order valence-electron chi connectivity index (χ0n) is 19.6. The highest BCUT2D eigenvalue weighted by Gasteiger charge is 2.25. The van der Waals surface area contributed by atoms with E-state index in [2.05, 4.69) is 29.9 Å². The topological polar surface area (TPSA) is 104 Å². The Morgan fingerprint density at radius 1 is 0.946 bits per heavy atom. The van der Waals surface area contributed by atoms with E-state index < -0.39 is 12.2 Å². The molecule has 188 valence electrons. The maximum Gasteiger partial charge on any atom is 0.330 e. The van der Waals surface area contributed by atoms with E-state index in [1.54, 1.807) is 36.7 Å². The molecule has 13 heteroatoms. The highest BCUT2D eigenvalue weighted by atomic mass is 32.1. The molecule has 6 rings (SSSR count). The van der Waals surface area contributed by atoms with Crippen molar-refractivity contribution in [2.24, 2.45) is 0 Å². The van der Waals surface area contributed by atoms with Crippen LogP contribution in [-0.2, 0) is 4.74 Å². The SMILES string of the molecule is Cc1sc(-c2ccncc2)nc1Oc1nc(N2CCOCC2)nc(-n2c(C(F)F)nc3ccccc32)n1. The maximum absolute atomic E-state index is 14.0. The molecule has 0 atom stereocenters. The van der Waals surface area contributed by atoms with Crippen LogP contribution < -0.4 is 9.64 Å². The van der Waals surface area contributed by atoms with Gasteiger partial charge in [0.15, 0.2) is 5.82 Å².